The van der Waals surface area contributed by atoms with Crippen LogP contribution < -0.4 is 5.32 Å². The van der Waals surface area contributed by atoms with E-state index in [-0.39, 0.29) is 17.8 Å². The third kappa shape index (κ3) is 1.97. The fraction of sp³-hybridized carbons (Fsp3) is 0.250. The van der Waals surface area contributed by atoms with E-state index in [1.165, 1.54) is 19.2 Å². The van der Waals surface area contributed by atoms with Gasteiger partial charge >= 0.3 is 5.97 Å². The van der Waals surface area contributed by atoms with E-state index < -0.39 is 0 Å². The van der Waals surface area contributed by atoms with Gasteiger partial charge in [0.1, 0.15) is 5.82 Å². The minimum absolute atomic E-state index is 0.275. The summed E-state index contributed by atoms with van der Waals surface area (Å²) in [5.74, 6) is -0.685. The second-order valence-corrected chi connectivity index (χ2v) is 3.55. The Kier molecular flexibility index (Phi) is 3.01. The molecule has 1 aliphatic heterocycles. The maximum atomic E-state index is 13.1. The molecule has 1 unspecified atom stereocenters. The highest BCUT2D eigenvalue weighted by Gasteiger charge is 2.26. The van der Waals surface area contributed by atoms with Crippen LogP contribution in [0.15, 0.2) is 35.9 Å². The van der Waals surface area contributed by atoms with E-state index in [2.05, 4.69) is 10.1 Å². The highest BCUT2D eigenvalue weighted by Crippen LogP contribution is 2.26. The summed E-state index contributed by atoms with van der Waals surface area (Å²) in [7, 11) is 1.34. The number of carbonyl (C=O) groups excluding carboxylic acids is 1. The molecule has 0 aromatic heterocycles. The number of halogens is 1. The lowest BCUT2D eigenvalue weighted by Gasteiger charge is -2.14. The summed E-state index contributed by atoms with van der Waals surface area (Å²) < 4.78 is 17.7. The van der Waals surface area contributed by atoms with Crippen molar-refractivity contribution in [1.29, 1.82) is 0 Å². The van der Waals surface area contributed by atoms with Crippen LogP contribution in [0.2, 0.25) is 0 Å². The lowest BCUT2D eigenvalue weighted by molar-refractivity contribution is -0.136. The number of carbonyl (C=O) groups is 1. The zero-order chi connectivity index (χ0) is 11.5. The molecule has 0 fully saturated rings. The summed E-state index contributed by atoms with van der Waals surface area (Å²) in [6.45, 7) is 0.589. The van der Waals surface area contributed by atoms with Crippen molar-refractivity contribution < 1.29 is 13.9 Å². The van der Waals surface area contributed by atoms with Gasteiger partial charge in [-0.2, -0.15) is 0 Å². The topological polar surface area (TPSA) is 38.3 Å². The third-order valence-electron chi connectivity index (χ3n) is 2.56. The summed E-state index contributed by atoms with van der Waals surface area (Å²) in [5, 5.41) is 3.11. The lowest BCUT2D eigenvalue weighted by atomic mass is 10.0. The molecule has 0 radical (unpaired) electrons. The molecule has 16 heavy (non-hydrogen) atoms. The van der Waals surface area contributed by atoms with Crippen LogP contribution in [0.25, 0.3) is 0 Å². The zero-order valence-corrected chi connectivity index (χ0v) is 8.87. The van der Waals surface area contributed by atoms with Gasteiger partial charge in [-0.1, -0.05) is 18.2 Å². The fourth-order valence-corrected chi connectivity index (χ4v) is 1.82. The van der Waals surface area contributed by atoms with Crippen LogP contribution in [0.1, 0.15) is 11.6 Å². The molecule has 1 atom stereocenters. The van der Waals surface area contributed by atoms with Crippen LogP contribution in [-0.2, 0) is 9.53 Å². The van der Waals surface area contributed by atoms with E-state index in [0.717, 1.165) is 5.56 Å². The van der Waals surface area contributed by atoms with Crippen LogP contribution in [0.5, 0.6) is 0 Å². The van der Waals surface area contributed by atoms with Crippen molar-refractivity contribution in [2.24, 2.45) is 0 Å². The Morgan fingerprint density at radius 2 is 2.38 bits per heavy atom. The van der Waals surface area contributed by atoms with Crippen molar-refractivity contribution in [3.63, 3.8) is 0 Å². The van der Waals surface area contributed by atoms with Crippen LogP contribution in [0, 0.1) is 5.82 Å². The predicted molar refractivity (Wildman–Crippen MR) is 57.2 cm³/mol. The first-order valence-corrected chi connectivity index (χ1v) is 4.99. The average molecular weight is 221 g/mol. The quantitative estimate of drug-likeness (QED) is 0.770. The molecule has 0 saturated heterocycles. The minimum atomic E-state index is -0.376. The number of nitrogens with one attached hydrogen (secondary N) is 1. The molecule has 1 heterocycles. The third-order valence-corrected chi connectivity index (χ3v) is 2.56. The second-order valence-electron chi connectivity index (χ2n) is 3.55. The molecular formula is C12H12FNO2. The Morgan fingerprint density at radius 1 is 1.56 bits per heavy atom. The van der Waals surface area contributed by atoms with E-state index in [1.54, 1.807) is 18.2 Å². The Labute approximate surface area is 92.9 Å². The molecule has 1 aromatic carbocycles. The van der Waals surface area contributed by atoms with Gasteiger partial charge < -0.3 is 10.1 Å². The second kappa shape index (κ2) is 4.45. The number of hydrogen-bond acceptors (Lipinski definition) is 3. The maximum Gasteiger partial charge on any atom is 0.335 e. The van der Waals surface area contributed by atoms with Crippen molar-refractivity contribution in [2.75, 3.05) is 13.7 Å². The molecular weight excluding hydrogens is 209 g/mol. The Balaban J connectivity index is 2.28. The van der Waals surface area contributed by atoms with Gasteiger partial charge in [-0.15, -0.1) is 0 Å². The first-order chi connectivity index (χ1) is 7.72. The Morgan fingerprint density at radius 3 is 3.06 bits per heavy atom. The molecule has 84 valence electrons. The average Bonchev–Trinajstić information content (AvgIpc) is 2.77. The highest BCUT2D eigenvalue weighted by molar-refractivity contribution is 5.90. The fourth-order valence-electron chi connectivity index (χ4n) is 1.82. The van der Waals surface area contributed by atoms with E-state index in [4.69, 9.17) is 0 Å². The van der Waals surface area contributed by atoms with Gasteiger partial charge in [0.15, 0.2) is 0 Å². The van der Waals surface area contributed by atoms with Gasteiger partial charge in [0.05, 0.1) is 18.7 Å². The molecule has 2 rings (SSSR count). The molecule has 0 saturated carbocycles. The van der Waals surface area contributed by atoms with E-state index in [1.807, 2.05) is 0 Å². The SMILES string of the molecule is COC(=O)C1=CCNC1c1cccc(F)c1. The summed E-state index contributed by atoms with van der Waals surface area (Å²) >= 11 is 0. The summed E-state index contributed by atoms with van der Waals surface area (Å²) in [6, 6.07) is 5.92. The van der Waals surface area contributed by atoms with Crippen molar-refractivity contribution in [3.8, 4) is 0 Å². The summed E-state index contributed by atoms with van der Waals surface area (Å²) in [5.41, 5.74) is 1.27. The van der Waals surface area contributed by atoms with Crippen LogP contribution >= 0.6 is 0 Å². The van der Waals surface area contributed by atoms with Gasteiger partial charge in [0.25, 0.3) is 0 Å². The molecule has 0 bridgehead atoms. The van der Waals surface area contributed by atoms with Crippen molar-refractivity contribution >= 4 is 5.97 Å². The molecule has 1 aliphatic rings. The standard InChI is InChI=1S/C12H12FNO2/c1-16-12(15)10-5-6-14-11(10)8-3-2-4-9(13)7-8/h2-5,7,11,14H,6H2,1H3. The number of hydrogen-bond donors (Lipinski definition) is 1. The van der Waals surface area contributed by atoms with Gasteiger partial charge in [-0.3, -0.25) is 0 Å². The maximum absolute atomic E-state index is 13.1. The van der Waals surface area contributed by atoms with Crippen molar-refractivity contribution in [3.05, 3.63) is 47.3 Å². The van der Waals surface area contributed by atoms with E-state index in [9.17, 15) is 9.18 Å². The summed E-state index contributed by atoms with van der Waals surface area (Å²) in [6.07, 6.45) is 1.77. The predicted octanol–water partition coefficient (Wildman–Crippen LogP) is 1.57. The molecule has 0 amide bonds. The highest BCUT2D eigenvalue weighted by atomic mass is 19.1. The summed E-state index contributed by atoms with van der Waals surface area (Å²) in [4.78, 5) is 11.5. The van der Waals surface area contributed by atoms with E-state index >= 15 is 0 Å². The number of methoxy groups -OCH3 is 1. The van der Waals surface area contributed by atoms with Gasteiger partial charge in [0.2, 0.25) is 0 Å². The van der Waals surface area contributed by atoms with Gasteiger partial charge in [-0.25, -0.2) is 9.18 Å². The number of benzene rings is 1. The molecule has 1 aromatic rings. The number of ether oxygens (including phenoxy) is 1. The number of rotatable bonds is 2. The van der Waals surface area contributed by atoms with Crippen LogP contribution in [0.4, 0.5) is 4.39 Å². The normalized spacial score (nSPS) is 19.4. The largest absolute Gasteiger partial charge is 0.466 e. The van der Waals surface area contributed by atoms with Gasteiger partial charge in [0, 0.05) is 6.54 Å². The Bertz CT molecular complexity index is 442. The molecule has 0 aliphatic carbocycles. The first-order valence-electron chi connectivity index (χ1n) is 4.99. The van der Waals surface area contributed by atoms with Crippen LogP contribution in [0.3, 0.4) is 0 Å². The monoisotopic (exact) mass is 221 g/mol. The number of esters is 1. The lowest BCUT2D eigenvalue weighted by Crippen LogP contribution is -2.20. The first kappa shape index (κ1) is 10.8. The molecule has 0 spiro atoms. The van der Waals surface area contributed by atoms with Crippen LogP contribution in [-0.4, -0.2) is 19.6 Å². The smallest absolute Gasteiger partial charge is 0.335 e. The van der Waals surface area contributed by atoms with Gasteiger partial charge in [-0.05, 0) is 17.7 Å². The van der Waals surface area contributed by atoms with E-state index in [0.29, 0.717) is 12.1 Å². The molecule has 3 nitrogen and oxygen atoms in total. The Hall–Kier alpha value is -1.68. The van der Waals surface area contributed by atoms with Crippen molar-refractivity contribution in [1.82, 2.24) is 5.32 Å². The van der Waals surface area contributed by atoms with Crippen molar-refractivity contribution in [2.45, 2.75) is 6.04 Å². The molecule has 4 heteroatoms. The molecule has 1 N–H and O–H groups in total. The zero-order valence-electron chi connectivity index (χ0n) is 8.87. The minimum Gasteiger partial charge on any atom is -0.466 e.